The van der Waals surface area contributed by atoms with Gasteiger partial charge in [-0.2, -0.15) is 0 Å². The molecule has 0 spiro atoms. The van der Waals surface area contributed by atoms with Gasteiger partial charge in [0.1, 0.15) is 17.5 Å². The molecule has 3 N–H and O–H groups in total. The maximum atomic E-state index is 13.4. The number of nitrogens with two attached hydrogens (primary N) is 1. The summed E-state index contributed by atoms with van der Waals surface area (Å²) in [6.45, 7) is 0. The summed E-state index contributed by atoms with van der Waals surface area (Å²) >= 11 is 0. The summed E-state index contributed by atoms with van der Waals surface area (Å²) in [7, 11) is 1.43. The molecular weight excluding hydrogens is 259 g/mol. The Labute approximate surface area is 116 Å². The molecule has 2 aromatic rings. The number of nitrogens with one attached hydrogen (secondary N) is 1. The first kappa shape index (κ1) is 12.7. The molecule has 0 atom stereocenters. The predicted octanol–water partition coefficient (Wildman–Crippen LogP) is 2.83. The standard InChI is InChI=1S/C14H15FN4O/c1-20-11-6-9(4-5-10(11)15)17-13-7-12(16)18-14(19-13)8-2-3-8/h4-8H,2-3H2,1H3,(H3,16,17,18,19). The number of hydrogen-bond donors (Lipinski definition) is 2. The van der Waals surface area contributed by atoms with Gasteiger partial charge in [-0.3, -0.25) is 0 Å². The molecule has 0 unspecified atom stereocenters. The number of rotatable bonds is 4. The van der Waals surface area contributed by atoms with Crippen LogP contribution in [0.5, 0.6) is 5.75 Å². The van der Waals surface area contributed by atoms with Crippen LogP contribution in [0.3, 0.4) is 0 Å². The van der Waals surface area contributed by atoms with Crippen LogP contribution < -0.4 is 15.8 Å². The summed E-state index contributed by atoms with van der Waals surface area (Å²) in [6.07, 6.45) is 2.21. The minimum Gasteiger partial charge on any atom is -0.494 e. The maximum absolute atomic E-state index is 13.4. The highest BCUT2D eigenvalue weighted by atomic mass is 19.1. The highest BCUT2D eigenvalue weighted by molar-refractivity contribution is 5.60. The van der Waals surface area contributed by atoms with Crippen LogP contribution in [0.4, 0.5) is 21.7 Å². The van der Waals surface area contributed by atoms with Crippen molar-refractivity contribution in [3.8, 4) is 5.75 Å². The monoisotopic (exact) mass is 274 g/mol. The van der Waals surface area contributed by atoms with Gasteiger partial charge in [-0.1, -0.05) is 0 Å². The van der Waals surface area contributed by atoms with Crippen molar-refractivity contribution in [3.05, 3.63) is 35.9 Å². The Morgan fingerprint density at radius 3 is 2.80 bits per heavy atom. The van der Waals surface area contributed by atoms with Crippen LogP contribution in [0.25, 0.3) is 0 Å². The van der Waals surface area contributed by atoms with Crippen molar-refractivity contribution in [1.29, 1.82) is 0 Å². The largest absolute Gasteiger partial charge is 0.494 e. The van der Waals surface area contributed by atoms with Crippen molar-refractivity contribution in [3.63, 3.8) is 0 Å². The fourth-order valence-corrected chi connectivity index (χ4v) is 1.96. The van der Waals surface area contributed by atoms with Gasteiger partial charge < -0.3 is 15.8 Å². The van der Waals surface area contributed by atoms with E-state index in [0.717, 1.165) is 18.7 Å². The molecule has 0 aliphatic heterocycles. The van der Waals surface area contributed by atoms with Crippen LogP contribution in [0, 0.1) is 5.82 Å². The number of benzene rings is 1. The summed E-state index contributed by atoms with van der Waals surface area (Å²) in [5.41, 5.74) is 6.47. The molecule has 0 saturated heterocycles. The molecule has 0 bridgehead atoms. The Balaban J connectivity index is 1.87. The summed E-state index contributed by atoms with van der Waals surface area (Å²) < 4.78 is 18.3. The van der Waals surface area contributed by atoms with Crippen molar-refractivity contribution in [2.45, 2.75) is 18.8 Å². The van der Waals surface area contributed by atoms with Gasteiger partial charge >= 0.3 is 0 Å². The fourth-order valence-electron chi connectivity index (χ4n) is 1.96. The molecule has 1 aromatic carbocycles. The topological polar surface area (TPSA) is 73.1 Å². The Hall–Kier alpha value is -2.37. The number of ether oxygens (including phenoxy) is 1. The number of methoxy groups -OCH3 is 1. The number of aromatic nitrogens is 2. The quantitative estimate of drug-likeness (QED) is 0.896. The lowest BCUT2D eigenvalue weighted by atomic mass is 10.3. The predicted molar refractivity (Wildman–Crippen MR) is 74.7 cm³/mol. The average molecular weight is 274 g/mol. The summed E-state index contributed by atoms with van der Waals surface area (Å²) in [5, 5.41) is 3.09. The van der Waals surface area contributed by atoms with Crippen molar-refractivity contribution in [2.24, 2.45) is 0 Å². The van der Waals surface area contributed by atoms with Gasteiger partial charge in [0.2, 0.25) is 0 Å². The van der Waals surface area contributed by atoms with Gasteiger partial charge in [0.25, 0.3) is 0 Å². The highest BCUT2D eigenvalue weighted by Gasteiger charge is 2.27. The lowest BCUT2D eigenvalue weighted by Crippen LogP contribution is -2.03. The zero-order chi connectivity index (χ0) is 14.1. The minimum atomic E-state index is -0.404. The molecule has 3 rings (SSSR count). The molecule has 0 radical (unpaired) electrons. The number of hydrogen-bond acceptors (Lipinski definition) is 5. The van der Waals surface area contributed by atoms with Gasteiger partial charge in [-0.05, 0) is 25.0 Å². The first-order valence-electron chi connectivity index (χ1n) is 6.41. The number of nitrogen functional groups attached to an aromatic ring is 1. The zero-order valence-electron chi connectivity index (χ0n) is 11.1. The van der Waals surface area contributed by atoms with Gasteiger partial charge in [0, 0.05) is 23.7 Å². The van der Waals surface area contributed by atoms with E-state index in [9.17, 15) is 4.39 Å². The van der Waals surface area contributed by atoms with E-state index in [1.165, 1.54) is 13.2 Å². The molecule has 104 valence electrons. The van der Waals surface area contributed by atoms with Gasteiger partial charge in [-0.25, -0.2) is 14.4 Å². The third kappa shape index (κ3) is 2.64. The van der Waals surface area contributed by atoms with E-state index in [0.29, 0.717) is 23.2 Å². The van der Waals surface area contributed by atoms with Crippen LogP contribution >= 0.6 is 0 Å². The molecule has 5 nitrogen and oxygen atoms in total. The minimum absolute atomic E-state index is 0.180. The van der Waals surface area contributed by atoms with Gasteiger partial charge in [-0.15, -0.1) is 0 Å². The van der Waals surface area contributed by atoms with E-state index in [4.69, 9.17) is 10.5 Å². The van der Waals surface area contributed by atoms with E-state index >= 15 is 0 Å². The van der Waals surface area contributed by atoms with Crippen LogP contribution in [0.2, 0.25) is 0 Å². The van der Waals surface area contributed by atoms with Gasteiger partial charge in [0.15, 0.2) is 11.6 Å². The smallest absolute Gasteiger partial charge is 0.165 e. The summed E-state index contributed by atoms with van der Waals surface area (Å²) in [6, 6.07) is 6.19. The first-order valence-corrected chi connectivity index (χ1v) is 6.41. The molecule has 1 aromatic heterocycles. The first-order chi connectivity index (χ1) is 9.65. The Kier molecular flexibility index (Phi) is 3.14. The molecule has 6 heteroatoms. The molecule has 0 amide bonds. The SMILES string of the molecule is COc1cc(Nc2cc(N)nc(C3CC3)n2)ccc1F. The van der Waals surface area contributed by atoms with Crippen molar-refractivity contribution in [2.75, 3.05) is 18.2 Å². The molecule has 1 fully saturated rings. The molecule has 1 aliphatic rings. The lowest BCUT2D eigenvalue weighted by molar-refractivity contribution is 0.387. The highest BCUT2D eigenvalue weighted by Crippen LogP contribution is 2.38. The Morgan fingerprint density at radius 1 is 1.30 bits per heavy atom. The average Bonchev–Trinajstić information content (AvgIpc) is 3.25. The van der Waals surface area contributed by atoms with Crippen molar-refractivity contribution in [1.82, 2.24) is 9.97 Å². The second kappa shape index (κ2) is 4.96. The van der Waals surface area contributed by atoms with E-state index in [2.05, 4.69) is 15.3 Å². The fraction of sp³-hybridized carbons (Fsp3) is 0.286. The molecular formula is C14H15FN4O. The molecule has 1 saturated carbocycles. The molecule has 1 heterocycles. The van der Waals surface area contributed by atoms with Crippen LogP contribution in [0.1, 0.15) is 24.6 Å². The number of anilines is 3. The van der Waals surface area contributed by atoms with E-state index < -0.39 is 5.82 Å². The van der Waals surface area contributed by atoms with Crippen LogP contribution in [0.15, 0.2) is 24.3 Å². The van der Waals surface area contributed by atoms with E-state index in [1.807, 2.05) is 0 Å². The van der Waals surface area contributed by atoms with Crippen molar-refractivity contribution < 1.29 is 9.13 Å². The maximum Gasteiger partial charge on any atom is 0.165 e. The summed E-state index contributed by atoms with van der Waals surface area (Å²) in [4.78, 5) is 8.66. The van der Waals surface area contributed by atoms with Crippen molar-refractivity contribution >= 4 is 17.3 Å². The third-order valence-electron chi connectivity index (χ3n) is 3.13. The number of nitrogens with zero attached hydrogens (tertiary/aromatic N) is 2. The van der Waals surface area contributed by atoms with E-state index in [1.54, 1.807) is 18.2 Å². The Bertz CT molecular complexity index is 643. The number of halogens is 1. The second-order valence-electron chi connectivity index (χ2n) is 4.78. The van der Waals surface area contributed by atoms with Crippen LogP contribution in [-0.4, -0.2) is 17.1 Å². The second-order valence-corrected chi connectivity index (χ2v) is 4.78. The van der Waals surface area contributed by atoms with Crippen LogP contribution in [-0.2, 0) is 0 Å². The third-order valence-corrected chi connectivity index (χ3v) is 3.13. The Morgan fingerprint density at radius 2 is 2.10 bits per heavy atom. The molecule has 20 heavy (non-hydrogen) atoms. The zero-order valence-corrected chi connectivity index (χ0v) is 11.1. The lowest BCUT2D eigenvalue weighted by Gasteiger charge is -2.09. The summed E-state index contributed by atoms with van der Waals surface area (Å²) in [5.74, 6) is 1.99. The van der Waals surface area contributed by atoms with Gasteiger partial charge in [0.05, 0.1) is 7.11 Å². The molecule has 1 aliphatic carbocycles. The normalized spacial score (nSPS) is 14.1. The van der Waals surface area contributed by atoms with E-state index in [-0.39, 0.29) is 5.75 Å².